The molecule has 17 heavy (non-hydrogen) atoms. The topological polar surface area (TPSA) is 51.5 Å². The number of hydrogen-bond acceptors (Lipinski definition) is 2. The molecule has 0 aliphatic heterocycles. The Bertz CT molecular complexity index is 531. The fraction of sp³-hybridized carbons (Fsp3) is 0.154. The SMILES string of the molecule is COc1cccc(Cn2cccc2C(=O)O)c1. The van der Waals surface area contributed by atoms with Gasteiger partial charge in [-0.25, -0.2) is 4.79 Å². The Kier molecular flexibility index (Phi) is 3.14. The maximum Gasteiger partial charge on any atom is 0.352 e. The van der Waals surface area contributed by atoms with E-state index in [-0.39, 0.29) is 5.69 Å². The molecule has 0 fully saturated rings. The summed E-state index contributed by atoms with van der Waals surface area (Å²) >= 11 is 0. The number of methoxy groups -OCH3 is 1. The summed E-state index contributed by atoms with van der Waals surface area (Å²) in [6, 6.07) is 10.9. The Morgan fingerprint density at radius 3 is 2.88 bits per heavy atom. The summed E-state index contributed by atoms with van der Waals surface area (Å²) in [5, 5.41) is 8.99. The highest BCUT2D eigenvalue weighted by Gasteiger charge is 2.08. The van der Waals surface area contributed by atoms with Crippen LogP contribution in [0.1, 0.15) is 16.1 Å². The molecule has 0 saturated carbocycles. The molecular formula is C13H13NO3. The Morgan fingerprint density at radius 2 is 2.18 bits per heavy atom. The molecule has 1 heterocycles. The van der Waals surface area contributed by atoms with E-state index < -0.39 is 5.97 Å². The van der Waals surface area contributed by atoms with E-state index in [0.717, 1.165) is 11.3 Å². The summed E-state index contributed by atoms with van der Waals surface area (Å²) in [5.41, 5.74) is 1.29. The van der Waals surface area contributed by atoms with Gasteiger partial charge in [0.2, 0.25) is 0 Å². The van der Waals surface area contributed by atoms with Crippen LogP contribution < -0.4 is 4.74 Å². The number of aromatic carboxylic acids is 1. The standard InChI is InChI=1S/C13H13NO3/c1-17-11-5-2-4-10(8-11)9-14-7-3-6-12(14)13(15)16/h2-8H,9H2,1H3,(H,15,16). The summed E-state index contributed by atoms with van der Waals surface area (Å²) in [6.45, 7) is 0.520. The average Bonchev–Trinajstić information content (AvgIpc) is 2.77. The zero-order chi connectivity index (χ0) is 12.3. The van der Waals surface area contributed by atoms with Crippen molar-refractivity contribution in [2.24, 2.45) is 0 Å². The first kappa shape index (κ1) is 11.3. The summed E-state index contributed by atoms with van der Waals surface area (Å²) in [6.07, 6.45) is 1.75. The van der Waals surface area contributed by atoms with E-state index >= 15 is 0 Å². The molecule has 0 unspecified atom stereocenters. The number of aromatic nitrogens is 1. The first-order valence-corrected chi connectivity index (χ1v) is 5.22. The molecule has 1 aromatic carbocycles. The second-order valence-electron chi connectivity index (χ2n) is 3.68. The minimum absolute atomic E-state index is 0.285. The van der Waals surface area contributed by atoms with Crippen molar-refractivity contribution in [1.29, 1.82) is 0 Å². The average molecular weight is 231 g/mol. The number of hydrogen-bond donors (Lipinski definition) is 1. The molecule has 0 aliphatic rings. The molecular weight excluding hydrogens is 218 g/mol. The van der Waals surface area contributed by atoms with Gasteiger partial charge in [-0.15, -0.1) is 0 Å². The van der Waals surface area contributed by atoms with Crippen LogP contribution in [0, 0.1) is 0 Å². The van der Waals surface area contributed by atoms with Gasteiger partial charge in [-0.1, -0.05) is 12.1 Å². The minimum Gasteiger partial charge on any atom is -0.497 e. The first-order chi connectivity index (χ1) is 8.20. The van der Waals surface area contributed by atoms with Crippen molar-refractivity contribution >= 4 is 5.97 Å². The third kappa shape index (κ3) is 2.47. The van der Waals surface area contributed by atoms with E-state index in [9.17, 15) is 4.79 Å². The predicted molar refractivity (Wildman–Crippen MR) is 63.5 cm³/mol. The van der Waals surface area contributed by atoms with E-state index in [2.05, 4.69) is 0 Å². The Balaban J connectivity index is 2.25. The second kappa shape index (κ2) is 4.74. The van der Waals surface area contributed by atoms with Gasteiger partial charge in [0.25, 0.3) is 0 Å². The quantitative estimate of drug-likeness (QED) is 0.878. The van der Waals surface area contributed by atoms with Crippen LogP contribution in [0.4, 0.5) is 0 Å². The van der Waals surface area contributed by atoms with Crippen molar-refractivity contribution in [3.05, 3.63) is 53.9 Å². The number of nitrogens with zero attached hydrogens (tertiary/aromatic N) is 1. The molecule has 1 N–H and O–H groups in total. The minimum atomic E-state index is -0.919. The fourth-order valence-electron chi connectivity index (χ4n) is 1.71. The van der Waals surface area contributed by atoms with E-state index in [1.165, 1.54) is 0 Å². The van der Waals surface area contributed by atoms with Crippen LogP contribution in [0.25, 0.3) is 0 Å². The Morgan fingerprint density at radius 1 is 1.35 bits per heavy atom. The third-order valence-electron chi connectivity index (χ3n) is 2.54. The maximum absolute atomic E-state index is 11.0. The zero-order valence-electron chi connectivity index (χ0n) is 9.46. The van der Waals surface area contributed by atoms with Crippen LogP contribution in [-0.4, -0.2) is 22.8 Å². The van der Waals surface area contributed by atoms with Crippen LogP contribution in [0.15, 0.2) is 42.6 Å². The van der Waals surface area contributed by atoms with Crippen molar-refractivity contribution in [3.8, 4) is 5.75 Å². The molecule has 0 amide bonds. The summed E-state index contributed by atoms with van der Waals surface area (Å²) < 4.78 is 6.82. The molecule has 2 rings (SSSR count). The van der Waals surface area contributed by atoms with Crippen LogP contribution in [0.2, 0.25) is 0 Å². The molecule has 0 spiro atoms. The molecule has 0 atom stereocenters. The molecule has 0 radical (unpaired) electrons. The van der Waals surface area contributed by atoms with Gasteiger partial charge in [-0.2, -0.15) is 0 Å². The molecule has 88 valence electrons. The van der Waals surface area contributed by atoms with Crippen LogP contribution in [-0.2, 0) is 6.54 Å². The Hall–Kier alpha value is -2.23. The normalized spacial score (nSPS) is 10.2. The summed E-state index contributed by atoms with van der Waals surface area (Å²) in [7, 11) is 1.61. The number of carbonyl (C=O) groups is 1. The van der Waals surface area contributed by atoms with E-state index in [1.54, 1.807) is 30.0 Å². The van der Waals surface area contributed by atoms with Crippen molar-refractivity contribution in [3.63, 3.8) is 0 Å². The van der Waals surface area contributed by atoms with Crippen molar-refractivity contribution in [2.45, 2.75) is 6.54 Å². The summed E-state index contributed by atoms with van der Waals surface area (Å²) in [4.78, 5) is 11.0. The molecule has 1 aromatic heterocycles. The number of carboxylic acids is 1. The lowest BCUT2D eigenvalue weighted by atomic mass is 10.2. The van der Waals surface area contributed by atoms with Gasteiger partial charge in [-0.3, -0.25) is 0 Å². The van der Waals surface area contributed by atoms with Gasteiger partial charge in [-0.05, 0) is 29.8 Å². The van der Waals surface area contributed by atoms with Gasteiger partial charge in [0.1, 0.15) is 11.4 Å². The molecule has 0 bridgehead atoms. The highest BCUT2D eigenvalue weighted by atomic mass is 16.5. The third-order valence-corrected chi connectivity index (χ3v) is 2.54. The van der Waals surface area contributed by atoms with Crippen molar-refractivity contribution in [1.82, 2.24) is 4.57 Å². The highest BCUT2D eigenvalue weighted by Crippen LogP contribution is 2.14. The number of rotatable bonds is 4. The van der Waals surface area contributed by atoms with Crippen LogP contribution >= 0.6 is 0 Å². The first-order valence-electron chi connectivity index (χ1n) is 5.22. The largest absolute Gasteiger partial charge is 0.497 e. The molecule has 4 nitrogen and oxygen atoms in total. The lowest BCUT2D eigenvalue weighted by Gasteiger charge is -2.07. The van der Waals surface area contributed by atoms with E-state index in [1.807, 2.05) is 24.3 Å². The van der Waals surface area contributed by atoms with E-state index in [4.69, 9.17) is 9.84 Å². The van der Waals surface area contributed by atoms with Crippen molar-refractivity contribution < 1.29 is 14.6 Å². The molecule has 2 aromatic rings. The fourth-order valence-corrected chi connectivity index (χ4v) is 1.71. The molecule has 0 saturated heterocycles. The predicted octanol–water partition coefficient (Wildman–Crippen LogP) is 2.24. The number of benzene rings is 1. The maximum atomic E-state index is 11.0. The van der Waals surface area contributed by atoms with Crippen LogP contribution in [0.5, 0.6) is 5.75 Å². The van der Waals surface area contributed by atoms with E-state index in [0.29, 0.717) is 6.54 Å². The monoisotopic (exact) mass is 231 g/mol. The van der Waals surface area contributed by atoms with Crippen molar-refractivity contribution in [2.75, 3.05) is 7.11 Å². The number of carboxylic acid groups (broad SMARTS) is 1. The molecule has 4 heteroatoms. The summed E-state index contributed by atoms with van der Waals surface area (Å²) in [5.74, 6) is -0.149. The highest BCUT2D eigenvalue weighted by molar-refractivity contribution is 5.85. The second-order valence-corrected chi connectivity index (χ2v) is 3.68. The van der Waals surface area contributed by atoms with Gasteiger partial charge >= 0.3 is 5.97 Å². The van der Waals surface area contributed by atoms with Gasteiger partial charge in [0.15, 0.2) is 0 Å². The molecule has 0 aliphatic carbocycles. The lowest BCUT2D eigenvalue weighted by Crippen LogP contribution is -2.08. The van der Waals surface area contributed by atoms with Gasteiger partial charge < -0.3 is 14.4 Å². The van der Waals surface area contributed by atoms with Crippen LogP contribution in [0.3, 0.4) is 0 Å². The van der Waals surface area contributed by atoms with Gasteiger partial charge in [0, 0.05) is 12.7 Å². The smallest absolute Gasteiger partial charge is 0.352 e. The Labute approximate surface area is 99.1 Å². The number of ether oxygens (including phenoxy) is 1. The van der Waals surface area contributed by atoms with Gasteiger partial charge in [0.05, 0.1) is 7.11 Å². The lowest BCUT2D eigenvalue weighted by molar-refractivity contribution is 0.0685. The zero-order valence-corrected chi connectivity index (χ0v) is 9.46.